The smallest absolute Gasteiger partial charge is 0.230 e. The van der Waals surface area contributed by atoms with Crippen LogP contribution in [0.1, 0.15) is 30.5 Å². The molecule has 6 heteroatoms. The first-order valence-corrected chi connectivity index (χ1v) is 8.94. The zero-order chi connectivity index (χ0) is 16.9. The summed E-state index contributed by atoms with van der Waals surface area (Å²) in [4.78, 5) is 12.3. The Morgan fingerprint density at radius 1 is 1.21 bits per heavy atom. The number of nitrogens with zero attached hydrogens (tertiary/aromatic N) is 3. The van der Waals surface area contributed by atoms with Gasteiger partial charge in [0.1, 0.15) is 0 Å². The maximum absolute atomic E-state index is 12.3. The number of fused-ring (bicyclic) bond motifs is 1. The first-order valence-electron chi connectivity index (χ1n) is 7.96. The van der Waals surface area contributed by atoms with Gasteiger partial charge in [0.25, 0.3) is 0 Å². The fraction of sp³-hybridized carbons (Fsp3) is 0.278. The van der Waals surface area contributed by atoms with Gasteiger partial charge in [-0.15, -0.1) is 10.2 Å². The number of thioether (sulfide) groups is 1. The van der Waals surface area contributed by atoms with E-state index in [0.717, 1.165) is 22.8 Å². The van der Waals surface area contributed by atoms with Crippen molar-refractivity contribution in [1.82, 2.24) is 19.9 Å². The molecule has 3 aromatic rings. The van der Waals surface area contributed by atoms with Gasteiger partial charge in [-0.3, -0.25) is 9.20 Å². The molecule has 0 saturated heterocycles. The van der Waals surface area contributed by atoms with Crippen molar-refractivity contribution in [1.29, 1.82) is 0 Å². The third-order valence-electron chi connectivity index (χ3n) is 3.84. The summed E-state index contributed by atoms with van der Waals surface area (Å²) in [5, 5.41) is 12.0. The van der Waals surface area contributed by atoms with Crippen LogP contribution in [-0.2, 0) is 4.79 Å². The van der Waals surface area contributed by atoms with Crippen LogP contribution in [0, 0.1) is 6.92 Å². The molecule has 2 heterocycles. The number of nitrogens with one attached hydrogen (secondary N) is 1. The first kappa shape index (κ1) is 16.5. The topological polar surface area (TPSA) is 59.3 Å². The van der Waals surface area contributed by atoms with Crippen molar-refractivity contribution >= 4 is 23.3 Å². The molecule has 0 aliphatic carbocycles. The number of aryl methyl sites for hydroxylation is 1. The van der Waals surface area contributed by atoms with Crippen molar-refractivity contribution in [2.24, 2.45) is 0 Å². The van der Waals surface area contributed by atoms with E-state index in [1.807, 2.05) is 28.8 Å². The minimum atomic E-state index is 0.0000983. The molecule has 24 heavy (non-hydrogen) atoms. The Balaban J connectivity index is 1.61. The third-order valence-corrected chi connectivity index (χ3v) is 4.78. The van der Waals surface area contributed by atoms with Crippen molar-refractivity contribution < 1.29 is 4.79 Å². The second-order valence-electron chi connectivity index (χ2n) is 5.64. The lowest BCUT2D eigenvalue weighted by molar-refractivity contribution is -0.119. The number of hydrogen-bond donors (Lipinski definition) is 1. The SMILES string of the molecule is CC[C@H](NC(=O)CSc1nnc2ccccn12)c1ccc(C)cc1. The molecule has 0 radical (unpaired) electrons. The van der Waals surface area contributed by atoms with Crippen LogP contribution in [-0.4, -0.2) is 26.3 Å². The molecule has 0 unspecified atom stereocenters. The van der Waals surface area contributed by atoms with Crippen molar-refractivity contribution in [3.63, 3.8) is 0 Å². The number of carbonyl (C=O) groups excluding carboxylic acids is 1. The Morgan fingerprint density at radius 3 is 2.75 bits per heavy atom. The van der Waals surface area contributed by atoms with Gasteiger partial charge in [-0.25, -0.2) is 0 Å². The number of rotatable bonds is 6. The summed E-state index contributed by atoms with van der Waals surface area (Å²) < 4.78 is 1.88. The summed E-state index contributed by atoms with van der Waals surface area (Å²) in [5.74, 6) is 0.318. The van der Waals surface area contributed by atoms with Crippen molar-refractivity contribution in [3.8, 4) is 0 Å². The van der Waals surface area contributed by atoms with Gasteiger partial charge < -0.3 is 5.32 Å². The van der Waals surface area contributed by atoms with E-state index in [-0.39, 0.29) is 11.9 Å². The predicted molar refractivity (Wildman–Crippen MR) is 96.1 cm³/mol. The van der Waals surface area contributed by atoms with Crippen LogP contribution < -0.4 is 5.32 Å². The molecule has 1 amide bonds. The first-order chi connectivity index (χ1) is 11.7. The number of benzene rings is 1. The van der Waals surface area contributed by atoms with Crippen LogP contribution in [0.25, 0.3) is 5.65 Å². The van der Waals surface area contributed by atoms with E-state index in [0.29, 0.717) is 5.75 Å². The maximum atomic E-state index is 12.3. The van der Waals surface area contributed by atoms with Crippen LogP contribution in [0.15, 0.2) is 53.8 Å². The monoisotopic (exact) mass is 340 g/mol. The highest BCUT2D eigenvalue weighted by Crippen LogP contribution is 2.19. The van der Waals surface area contributed by atoms with Crippen molar-refractivity contribution in [2.75, 3.05) is 5.75 Å². The van der Waals surface area contributed by atoms with E-state index in [9.17, 15) is 4.79 Å². The van der Waals surface area contributed by atoms with Gasteiger partial charge in [0.15, 0.2) is 10.8 Å². The second-order valence-corrected chi connectivity index (χ2v) is 6.58. The highest BCUT2D eigenvalue weighted by atomic mass is 32.2. The normalized spacial score (nSPS) is 12.2. The van der Waals surface area contributed by atoms with Crippen LogP contribution >= 0.6 is 11.8 Å². The molecule has 0 aliphatic heterocycles. The number of carbonyl (C=O) groups is 1. The maximum Gasteiger partial charge on any atom is 0.230 e. The standard InChI is InChI=1S/C18H20N4OS/c1-3-15(14-9-7-13(2)8-10-14)19-17(23)12-24-18-21-20-16-6-4-5-11-22(16)18/h4-11,15H,3,12H2,1-2H3,(H,19,23)/t15-/m0/s1. The summed E-state index contributed by atoms with van der Waals surface area (Å²) in [5.41, 5.74) is 3.13. The van der Waals surface area contributed by atoms with E-state index < -0.39 is 0 Å². The van der Waals surface area contributed by atoms with Gasteiger partial charge in [-0.1, -0.05) is 54.6 Å². The van der Waals surface area contributed by atoms with Crippen LogP contribution in [0.3, 0.4) is 0 Å². The molecular weight excluding hydrogens is 320 g/mol. The summed E-state index contributed by atoms with van der Waals surface area (Å²) in [6, 6.07) is 14.0. The summed E-state index contributed by atoms with van der Waals surface area (Å²) in [6.07, 6.45) is 2.75. The molecule has 0 spiro atoms. The van der Waals surface area contributed by atoms with Crippen molar-refractivity contribution in [3.05, 3.63) is 59.8 Å². The average molecular weight is 340 g/mol. The highest BCUT2D eigenvalue weighted by molar-refractivity contribution is 7.99. The van der Waals surface area contributed by atoms with E-state index in [2.05, 4.69) is 53.6 Å². The van der Waals surface area contributed by atoms with E-state index in [1.165, 1.54) is 17.3 Å². The average Bonchev–Trinajstić information content (AvgIpc) is 3.02. The van der Waals surface area contributed by atoms with Gasteiger partial charge >= 0.3 is 0 Å². The Bertz CT molecular complexity index is 828. The molecule has 0 saturated carbocycles. The lowest BCUT2D eigenvalue weighted by Crippen LogP contribution is -2.29. The fourth-order valence-electron chi connectivity index (χ4n) is 2.50. The van der Waals surface area contributed by atoms with E-state index in [4.69, 9.17) is 0 Å². The Hall–Kier alpha value is -2.34. The summed E-state index contributed by atoms with van der Waals surface area (Å²) >= 11 is 1.39. The number of pyridine rings is 1. The third kappa shape index (κ3) is 3.76. The minimum absolute atomic E-state index is 0.0000983. The van der Waals surface area contributed by atoms with Gasteiger partial charge in [0, 0.05) is 6.20 Å². The highest BCUT2D eigenvalue weighted by Gasteiger charge is 2.14. The molecule has 0 aliphatic rings. The minimum Gasteiger partial charge on any atom is -0.349 e. The molecule has 1 aromatic carbocycles. The number of hydrogen-bond acceptors (Lipinski definition) is 4. The van der Waals surface area contributed by atoms with E-state index in [1.54, 1.807) is 0 Å². The molecule has 0 fully saturated rings. The zero-order valence-corrected chi connectivity index (χ0v) is 14.6. The van der Waals surface area contributed by atoms with E-state index >= 15 is 0 Å². The fourth-order valence-corrected chi connectivity index (χ4v) is 3.24. The number of amides is 1. The lowest BCUT2D eigenvalue weighted by atomic mass is 10.0. The Morgan fingerprint density at radius 2 is 2.00 bits per heavy atom. The molecule has 1 atom stereocenters. The molecule has 124 valence electrons. The lowest BCUT2D eigenvalue weighted by Gasteiger charge is -2.17. The zero-order valence-electron chi connectivity index (χ0n) is 13.8. The summed E-state index contributed by atoms with van der Waals surface area (Å²) in [6.45, 7) is 4.13. The van der Waals surface area contributed by atoms with Gasteiger partial charge in [0.2, 0.25) is 5.91 Å². The number of aromatic nitrogens is 3. The molecule has 2 aromatic heterocycles. The van der Waals surface area contributed by atoms with Gasteiger partial charge in [0.05, 0.1) is 11.8 Å². The van der Waals surface area contributed by atoms with Crippen LogP contribution in [0.5, 0.6) is 0 Å². The van der Waals surface area contributed by atoms with Crippen molar-refractivity contribution in [2.45, 2.75) is 31.5 Å². The summed E-state index contributed by atoms with van der Waals surface area (Å²) in [7, 11) is 0. The Kier molecular flexibility index (Phi) is 5.15. The molecule has 3 rings (SSSR count). The molecule has 5 nitrogen and oxygen atoms in total. The molecule has 0 bridgehead atoms. The Labute approximate surface area is 145 Å². The van der Waals surface area contributed by atoms with Crippen LogP contribution in [0.2, 0.25) is 0 Å². The van der Waals surface area contributed by atoms with Gasteiger partial charge in [-0.2, -0.15) is 0 Å². The van der Waals surface area contributed by atoms with Gasteiger partial charge in [-0.05, 0) is 31.0 Å². The molecular formula is C18H20N4OS. The largest absolute Gasteiger partial charge is 0.349 e. The molecule has 1 N–H and O–H groups in total. The second kappa shape index (κ2) is 7.49. The quantitative estimate of drug-likeness (QED) is 0.699. The van der Waals surface area contributed by atoms with Crippen LogP contribution in [0.4, 0.5) is 0 Å². The predicted octanol–water partition coefficient (Wildman–Crippen LogP) is 3.40.